The Morgan fingerprint density at radius 1 is 1.29 bits per heavy atom. The molecule has 0 unspecified atom stereocenters. The number of fused-ring (bicyclic) bond motifs is 1. The second-order valence-corrected chi connectivity index (χ2v) is 5.11. The molecule has 21 heavy (non-hydrogen) atoms. The van der Waals surface area contributed by atoms with Crippen LogP contribution in [-0.4, -0.2) is 15.9 Å². The van der Waals surface area contributed by atoms with Crippen molar-refractivity contribution in [3.8, 4) is 11.4 Å². The number of carbonyl (C=O) groups is 1. The largest absolute Gasteiger partial charge is 0.550 e. The van der Waals surface area contributed by atoms with Crippen LogP contribution in [0, 0.1) is 6.92 Å². The molecule has 0 bridgehead atoms. The van der Waals surface area contributed by atoms with E-state index in [2.05, 4.69) is 16.0 Å². The SMILES string of the molecule is Cc1ccc2[nH]c(-c3ccccn3)c(CCC(=O)[O-])c2c1. The molecule has 106 valence electrons. The van der Waals surface area contributed by atoms with Gasteiger partial charge < -0.3 is 14.9 Å². The van der Waals surface area contributed by atoms with Gasteiger partial charge in [0.1, 0.15) is 0 Å². The number of nitrogens with one attached hydrogen (secondary N) is 1. The minimum Gasteiger partial charge on any atom is -0.550 e. The van der Waals surface area contributed by atoms with Crippen molar-refractivity contribution in [2.75, 3.05) is 0 Å². The Hall–Kier alpha value is -2.62. The van der Waals surface area contributed by atoms with Gasteiger partial charge in [-0.3, -0.25) is 4.98 Å². The van der Waals surface area contributed by atoms with Gasteiger partial charge in [0, 0.05) is 23.1 Å². The summed E-state index contributed by atoms with van der Waals surface area (Å²) in [5.41, 5.74) is 4.83. The van der Waals surface area contributed by atoms with Gasteiger partial charge in [-0.2, -0.15) is 0 Å². The molecule has 2 heterocycles. The normalized spacial score (nSPS) is 10.9. The molecule has 4 nitrogen and oxygen atoms in total. The molecule has 3 aromatic rings. The van der Waals surface area contributed by atoms with Crippen LogP contribution in [-0.2, 0) is 11.2 Å². The molecule has 0 fully saturated rings. The van der Waals surface area contributed by atoms with Crippen LogP contribution in [0.3, 0.4) is 0 Å². The third-order valence-electron chi connectivity index (χ3n) is 3.56. The third kappa shape index (κ3) is 2.65. The highest BCUT2D eigenvalue weighted by Gasteiger charge is 2.13. The van der Waals surface area contributed by atoms with Crippen LogP contribution in [0.15, 0.2) is 42.6 Å². The number of aryl methyl sites for hydroxylation is 2. The third-order valence-corrected chi connectivity index (χ3v) is 3.56. The maximum atomic E-state index is 10.8. The maximum Gasteiger partial charge on any atom is 0.0867 e. The fraction of sp³-hybridized carbons (Fsp3) is 0.176. The monoisotopic (exact) mass is 279 g/mol. The van der Waals surface area contributed by atoms with Crippen molar-refractivity contribution in [3.63, 3.8) is 0 Å². The van der Waals surface area contributed by atoms with Crippen LogP contribution in [0.1, 0.15) is 17.5 Å². The van der Waals surface area contributed by atoms with Gasteiger partial charge in [-0.15, -0.1) is 0 Å². The average molecular weight is 279 g/mol. The molecule has 0 aliphatic rings. The van der Waals surface area contributed by atoms with E-state index in [1.54, 1.807) is 6.20 Å². The van der Waals surface area contributed by atoms with Crippen LogP contribution < -0.4 is 5.11 Å². The van der Waals surface area contributed by atoms with Crippen molar-refractivity contribution < 1.29 is 9.90 Å². The number of hydrogen-bond donors (Lipinski definition) is 1. The Kier molecular flexibility index (Phi) is 3.44. The quantitative estimate of drug-likeness (QED) is 0.796. The summed E-state index contributed by atoms with van der Waals surface area (Å²) in [6.07, 6.45) is 2.16. The van der Waals surface area contributed by atoms with E-state index in [4.69, 9.17) is 0 Å². The van der Waals surface area contributed by atoms with Gasteiger partial charge in [-0.1, -0.05) is 17.7 Å². The number of nitrogens with zero attached hydrogens (tertiary/aromatic N) is 1. The highest BCUT2D eigenvalue weighted by atomic mass is 16.4. The number of carboxylic acids is 1. The lowest BCUT2D eigenvalue weighted by molar-refractivity contribution is -0.305. The van der Waals surface area contributed by atoms with Crippen LogP contribution in [0.4, 0.5) is 0 Å². The number of rotatable bonds is 4. The van der Waals surface area contributed by atoms with Crippen molar-refractivity contribution in [2.24, 2.45) is 0 Å². The Balaban J connectivity index is 2.18. The first-order valence-electron chi connectivity index (χ1n) is 6.87. The highest BCUT2D eigenvalue weighted by Crippen LogP contribution is 2.30. The molecule has 1 N–H and O–H groups in total. The molecule has 0 amide bonds. The van der Waals surface area contributed by atoms with E-state index in [0.717, 1.165) is 33.4 Å². The Morgan fingerprint density at radius 2 is 2.14 bits per heavy atom. The second-order valence-electron chi connectivity index (χ2n) is 5.11. The molecule has 3 rings (SSSR count). The number of aromatic amines is 1. The van der Waals surface area contributed by atoms with Gasteiger partial charge in [0.05, 0.1) is 11.4 Å². The molecule has 0 saturated heterocycles. The number of carbonyl (C=O) groups excluding carboxylic acids is 1. The van der Waals surface area contributed by atoms with Gasteiger partial charge in [-0.05, 0) is 49.6 Å². The summed E-state index contributed by atoms with van der Waals surface area (Å²) in [6, 6.07) is 11.8. The Labute approximate surface area is 122 Å². The van der Waals surface area contributed by atoms with Crippen molar-refractivity contribution in [2.45, 2.75) is 19.8 Å². The number of aromatic nitrogens is 2. The Morgan fingerprint density at radius 3 is 2.86 bits per heavy atom. The lowest BCUT2D eigenvalue weighted by atomic mass is 10.0. The summed E-state index contributed by atoms with van der Waals surface area (Å²) < 4.78 is 0. The minimum absolute atomic E-state index is 0.000723. The summed E-state index contributed by atoms with van der Waals surface area (Å²) >= 11 is 0. The summed E-state index contributed by atoms with van der Waals surface area (Å²) in [4.78, 5) is 18.5. The van der Waals surface area contributed by atoms with E-state index in [-0.39, 0.29) is 6.42 Å². The minimum atomic E-state index is -1.04. The van der Waals surface area contributed by atoms with E-state index in [0.29, 0.717) is 6.42 Å². The van der Waals surface area contributed by atoms with Gasteiger partial charge in [0.15, 0.2) is 0 Å². The number of pyridine rings is 1. The number of H-pyrrole nitrogens is 1. The number of carboxylic acid groups (broad SMARTS) is 1. The smallest absolute Gasteiger partial charge is 0.0867 e. The van der Waals surface area contributed by atoms with E-state index >= 15 is 0 Å². The molecule has 1 aromatic carbocycles. The number of benzene rings is 1. The van der Waals surface area contributed by atoms with Crippen LogP contribution in [0.2, 0.25) is 0 Å². The first-order valence-corrected chi connectivity index (χ1v) is 6.87. The van der Waals surface area contributed by atoms with Gasteiger partial charge in [0.25, 0.3) is 0 Å². The van der Waals surface area contributed by atoms with Crippen LogP contribution >= 0.6 is 0 Å². The first kappa shape index (κ1) is 13.4. The topological polar surface area (TPSA) is 68.8 Å². The molecular formula is C17H15N2O2-. The zero-order valence-electron chi connectivity index (χ0n) is 11.7. The molecule has 0 aliphatic carbocycles. The van der Waals surface area contributed by atoms with Crippen molar-refractivity contribution >= 4 is 16.9 Å². The maximum absolute atomic E-state index is 10.8. The number of aliphatic carboxylic acids is 1. The van der Waals surface area contributed by atoms with Crippen molar-refractivity contribution in [3.05, 3.63) is 53.7 Å². The summed E-state index contributed by atoms with van der Waals surface area (Å²) in [5.74, 6) is -1.04. The summed E-state index contributed by atoms with van der Waals surface area (Å²) in [6.45, 7) is 2.02. The van der Waals surface area contributed by atoms with Crippen LogP contribution in [0.25, 0.3) is 22.3 Å². The van der Waals surface area contributed by atoms with Gasteiger partial charge in [0.2, 0.25) is 0 Å². The molecule has 0 atom stereocenters. The molecule has 0 saturated carbocycles. The zero-order valence-corrected chi connectivity index (χ0v) is 11.7. The summed E-state index contributed by atoms with van der Waals surface area (Å²) in [5, 5.41) is 11.9. The van der Waals surface area contributed by atoms with E-state index in [9.17, 15) is 9.90 Å². The predicted molar refractivity (Wildman–Crippen MR) is 79.6 cm³/mol. The van der Waals surface area contributed by atoms with E-state index in [1.807, 2.05) is 37.3 Å². The second kappa shape index (κ2) is 5.40. The van der Waals surface area contributed by atoms with E-state index in [1.165, 1.54) is 0 Å². The van der Waals surface area contributed by atoms with Crippen molar-refractivity contribution in [1.82, 2.24) is 9.97 Å². The predicted octanol–water partition coefficient (Wildman–Crippen LogP) is 2.22. The first-order chi connectivity index (χ1) is 10.1. The van der Waals surface area contributed by atoms with Gasteiger partial charge >= 0.3 is 0 Å². The standard InChI is InChI=1S/C17H16N2O2/c1-11-5-7-14-13(10-11)12(6-8-16(20)21)17(19-14)15-4-2-3-9-18-15/h2-5,7,9-10,19H,6,8H2,1H3,(H,20,21)/p-1. The lowest BCUT2D eigenvalue weighted by Gasteiger charge is -2.05. The zero-order chi connectivity index (χ0) is 14.8. The van der Waals surface area contributed by atoms with Gasteiger partial charge in [-0.25, -0.2) is 0 Å². The molecular weight excluding hydrogens is 264 g/mol. The molecule has 0 radical (unpaired) electrons. The molecule has 0 aliphatic heterocycles. The summed E-state index contributed by atoms with van der Waals surface area (Å²) in [7, 11) is 0. The average Bonchev–Trinajstić information content (AvgIpc) is 2.84. The van der Waals surface area contributed by atoms with Crippen LogP contribution in [0.5, 0.6) is 0 Å². The molecule has 0 spiro atoms. The molecule has 2 aromatic heterocycles. The Bertz CT molecular complexity index is 791. The molecule has 4 heteroatoms. The van der Waals surface area contributed by atoms with E-state index < -0.39 is 5.97 Å². The number of hydrogen-bond acceptors (Lipinski definition) is 3. The fourth-order valence-electron chi connectivity index (χ4n) is 2.58. The van der Waals surface area contributed by atoms with Crippen molar-refractivity contribution in [1.29, 1.82) is 0 Å². The highest BCUT2D eigenvalue weighted by molar-refractivity contribution is 5.91. The fourth-order valence-corrected chi connectivity index (χ4v) is 2.58. The lowest BCUT2D eigenvalue weighted by Crippen LogP contribution is -2.22.